The lowest BCUT2D eigenvalue weighted by Gasteiger charge is -2.06. The summed E-state index contributed by atoms with van der Waals surface area (Å²) in [7, 11) is 1.29. The molecule has 0 radical (unpaired) electrons. The molecule has 7 heteroatoms. The van der Waals surface area contributed by atoms with Crippen molar-refractivity contribution in [3.8, 4) is 0 Å². The van der Waals surface area contributed by atoms with Gasteiger partial charge in [0.25, 0.3) is 5.69 Å². The molecule has 2 aromatic rings. The molecule has 0 saturated carbocycles. The smallest absolute Gasteiger partial charge is 0.337 e. The Hall–Kier alpha value is -2.47. The molecule has 0 unspecified atom stereocenters. The van der Waals surface area contributed by atoms with Gasteiger partial charge >= 0.3 is 5.97 Å². The van der Waals surface area contributed by atoms with E-state index in [1.807, 2.05) is 0 Å². The van der Waals surface area contributed by atoms with Crippen LogP contribution in [0.2, 0.25) is 5.02 Å². The highest BCUT2D eigenvalue weighted by Crippen LogP contribution is 2.27. The Morgan fingerprint density at radius 3 is 2.86 bits per heavy atom. The molecule has 21 heavy (non-hydrogen) atoms. The number of carbonyl (C=O) groups is 1. The largest absolute Gasteiger partial charge is 0.465 e. The predicted molar refractivity (Wildman–Crippen MR) is 76.5 cm³/mol. The fourth-order valence-electron chi connectivity index (χ4n) is 1.91. The van der Waals surface area contributed by atoms with Crippen molar-refractivity contribution >= 4 is 23.3 Å². The lowest BCUT2D eigenvalue weighted by Crippen LogP contribution is -2.03. The standard InChI is InChI=1S/C14H11ClN2O4/c1-21-14(18)10-4-2-3-9(5-10)6-11-12(15)7-16-8-13(11)17(19)20/h2-5,7-8H,6H2,1H3. The molecular formula is C14H11ClN2O4. The van der Waals surface area contributed by atoms with Gasteiger partial charge in [-0.05, 0) is 17.7 Å². The van der Waals surface area contributed by atoms with E-state index in [-0.39, 0.29) is 17.1 Å². The summed E-state index contributed by atoms with van der Waals surface area (Å²) in [5.41, 5.74) is 1.31. The summed E-state index contributed by atoms with van der Waals surface area (Å²) >= 11 is 5.99. The minimum Gasteiger partial charge on any atom is -0.465 e. The van der Waals surface area contributed by atoms with E-state index in [1.165, 1.54) is 13.3 Å². The van der Waals surface area contributed by atoms with Gasteiger partial charge in [-0.1, -0.05) is 23.7 Å². The summed E-state index contributed by atoms with van der Waals surface area (Å²) in [6, 6.07) is 6.67. The number of nitro groups is 1. The van der Waals surface area contributed by atoms with E-state index in [4.69, 9.17) is 11.6 Å². The van der Waals surface area contributed by atoms with E-state index < -0.39 is 10.9 Å². The van der Waals surface area contributed by atoms with E-state index in [0.717, 1.165) is 6.20 Å². The molecule has 6 nitrogen and oxygen atoms in total. The zero-order valence-corrected chi connectivity index (χ0v) is 11.8. The number of nitrogens with zero attached hydrogens (tertiary/aromatic N) is 2. The second-order valence-electron chi connectivity index (χ2n) is 4.24. The monoisotopic (exact) mass is 306 g/mol. The summed E-state index contributed by atoms with van der Waals surface area (Å²) < 4.78 is 4.64. The van der Waals surface area contributed by atoms with Crippen molar-refractivity contribution in [2.45, 2.75) is 6.42 Å². The van der Waals surface area contributed by atoms with Crippen LogP contribution in [0.25, 0.3) is 0 Å². The number of methoxy groups -OCH3 is 1. The summed E-state index contributed by atoms with van der Waals surface area (Å²) in [6.45, 7) is 0. The molecule has 0 spiro atoms. The van der Waals surface area contributed by atoms with Crippen molar-refractivity contribution in [1.29, 1.82) is 0 Å². The summed E-state index contributed by atoms with van der Waals surface area (Å²) in [4.78, 5) is 25.7. The van der Waals surface area contributed by atoms with Crippen LogP contribution in [0.15, 0.2) is 36.7 Å². The molecule has 0 N–H and O–H groups in total. The Bertz CT molecular complexity index is 703. The van der Waals surface area contributed by atoms with Crippen LogP contribution in [0.4, 0.5) is 5.69 Å². The number of carbonyl (C=O) groups excluding carboxylic acids is 1. The van der Waals surface area contributed by atoms with Gasteiger partial charge in [-0.2, -0.15) is 0 Å². The van der Waals surface area contributed by atoms with Crippen LogP contribution in [0.5, 0.6) is 0 Å². The van der Waals surface area contributed by atoms with Crippen LogP contribution in [-0.2, 0) is 11.2 Å². The topological polar surface area (TPSA) is 82.3 Å². The third-order valence-electron chi connectivity index (χ3n) is 2.91. The van der Waals surface area contributed by atoms with Gasteiger partial charge in [-0.25, -0.2) is 4.79 Å². The molecule has 1 heterocycles. The van der Waals surface area contributed by atoms with E-state index in [0.29, 0.717) is 16.7 Å². The minimum atomic E-state index is -0.529. The molecule has 0 aliphatic carbocycles. The number of pyridine rings is 1. The van der Waals surface area contributed by atoms with E-state index >= 15 is 0 Å². The molecule has 108 valence electrons. The Morgan fingerprint density at radius 1 is 1.43 bits per heavy atom. The fraction of sp³-hybridized carbons (Fsp3) is 0.143. The zero-order valence-electron chi connectivity index (χ0n) is 11.1. The molecule has 0 saturated heterocycles. The van der Waals surface area contributed by atoms with Crippen molar-refractivity contribution in [3.63, 3.8) is 0 Å². The average molecular weight is 307 g/mol. The zero-order chi connectivity index (χ0) is 15.4. The highest BCUT2D eigenvalue weighted by atomic mass is 35.5. The first-order valence-electron chi connectivity index (χ1n) is 5.97. The number of hydrogen-bond donors (Lipinski definition) is 0. The quantitative estimate of drug-likeness (QED) is 0.492. The van der Waals surface area contributed by atoms with Crippen molar-refractivity contribution in [1.82, 2.24) is 4.98 Å². The molecular weight excluding hydrogens is 296 g/mol. The Kier molecular flexibility index (Phi) is 4.49. The van der Waals surface area contributed by atoms with E-state index in [2.05, 4.69) is 9.72 Å². The van der Waals surface area contributed by atoms with Gasteiger partial charge in [0.05, 0.1) is 28.2 Å². The van der Waals surface area contributed by atoms with Crippen LogP contribution in [0.1, 0.15) is 21.5 Å². The number of rotatable bonds is 4. The molecule has 2 rings (SSSR count). The van der Waals surface area contributed by atoms with Gasteiger partial charge in [-0.15, -0.1) is 0 Å². The van der Waals surface area contributed by atoms with Crippen LogP contribution in [0.3, 0.4) is 0 Å². The van der Waals surface area contributed by atoms with E-state index in [1.54, 1.807) is 24.3 Å². The van der Waals surface area contributed by atoms with Crippen molar-refractivity contribution < 1.29 is 14.5 Å². The number of ether oxygens (including phenoxy) is 1. The van der Waals surface area contributed by atoms with Gasteiger partial charge in [0.1, 0.15) is 6.20 Å². The summed E-state index contributed by atoms with van der Waals surface area (Å²) in [6.07, 6.45) is 2.74. The molecule has 0 bridgehead atoms. The van der Waals surface area contributed by atoms with Gasteiger partial charge in [0, 0.05) is 12.6 Å². The second-order valence-corrected chi connectivity index (χ2v) is 4.65. The maximum atomic E-state index is 11.5. The first-order valence-corrected chi connectivity index (χ1v) is 6.34. The first kappa shape index (κ1) is 14.9. The highest BCUT2D eigenvalue weighted by molar-refractivity contribution is 6.31. The van der Waals surface area contributed by atoms with Crippen LogP contribution < -0.4 is 0 Å². The number of hydrogen-bond acceptors (Lipinski definition) is 5. The SMILES string of the molecule is COC(=O)c1cccc(Cc2c(Cl)cncc2[N+](=O)[O-])c1. The van der Waals surface area contributed by atoms with Gasteiger partial charge in [0.2, 0.25) is 0 Å². The minimum absolute atomic E-state index is 0.147. The third-order valence-corrected chi connectivity index (χ3v) is 3.23. The van der Waals surface area contributed by atoms with Crippen LogP contribution in [-0.4, -0.2) is 23.0 Å². The number of esters is 1. The average Bonchev–Trinajstić information content (AvgIpc) is 2.48. The Labute approximate surface area is 125 Å². The summed E-state index contributed by atoms with van der Waals surface area (Å²) in [5, 5.41) is 11.2. The normalized spacial score (nSPS) is 10.2. The third kappa shape index (κ3) is 3.35. The maximum absolute atomic E-state index is 11.5. The molecule has 0 amide bonds. The lowest BCUT2D eigenvalue weighted by molar-refractivity contribution is -0.385. The van der Waals surface area contributed by atoms with Crippen LogP contribution in [0, 0.1) is 10.1 Å². The highest BCUT2D eigenvalue weighted by Gasteiger charge is 2.18. The Balaban J connectivity index is 2.39. The Morgan fingerprint density at radius 2 is 2.19 bits per heavy atom. The molecule has 1 aromatic heterocycles. The maximum Gasteiger partial charge on any atom is 0.337 e. The van der Waals surface area contributed by atoms with Crippen molar-refractivity contribution in [2.75, 3.05) is 7.11 Å². The molecule has 0 fully saturated rings. The summed E-state index contributed by atoms with van der Waals surface area (Å²) in [5.74, 6) is -0.466. The first-order chi connectivity index (χ1) is 10.0. The molecule has 1 aromatic carbocycles. The number of benzene rings is 1. The predicted octanol–water partition coefficient (Wildman–Crippen LogP) is 3.02. The second kappa shape index (κ2) is 6.32. The van der Waals surface area contributed by atoms with Gasteiger partial charge < -0.3 is 4.74 Å². The number of halogens is 1. The van der Waals surface area contributed by atoms with Gasteiger partial charge in [-0.3, -0.25) is 15.1 Å². The van der Waals surface area contributed by atoms with Crippen LogP contribution >= 0.6 is 11.6 Å². The van der Waals surface area contributed by atoms with Gasteiger partial charge in [0.15, 0.2) is 0 Å². The fourth-order valence-corrected chi connectivity index (χ4v) is 2.13. The molecule has 0 aliphatic rings. The molecule has 0 aliphatic heterocycles. The van der Waals surface area contributed by atoms with Crippen molar-refractivity contribution in [3.05, 3.63) is 68.5 Å². The van der Waals surface area contributed by atoms with E-state index in [9.17, 15) is 14.9 Å². The lowest BCUT2D eigenvalue weighted by atomic mass is 10.0. The molecule has 0 atom stereocenters. The number of aromatic nitrogens is 1. The van der Waals surface area contributed by atoms with Crippen molar-refractivity contribution in [2.24, 2.45) is 0 Å².